The summed E-state index contributed by atoms with van der Waals surface area (Å²) in [6, 6.07) is 24.4. The number of unbranched alkanes of at least 4 members (excludes halogenated alkanes) is 10. The summed E-state index contributed by atoms with van der Waals surface area (Å²) in [5.74, 6) is 0.738. The maximum absolute atomic E-state index is 13.7. The molecule has 1 N–H and O–H groups in total. The fourth-order valence-electron chi connectivity index (χ4n) is 7.36. The van der Waals surface area contributed by atoms with E-state index in [0.717, 1.165) is 65.2 Å². The van der Waals surface area contributed by atoms with Crippen molar-refractivity contribution in [1.82, 2.24) is 0 Å². The molecule has 49 heavy (non-hydrogen) atoms. The van der Waals surface area contributed by atoms with Crippen LogP contribution in [0.25, 0.3) is 0 Å². The summed E-state index contributed by atoms with van der Waals surface area (Å²) in [7, 11) is 0. The van der Waals surface area contributed by atoms with E-state index in [2.05, 4.69) is 42.3 Å². The van der Waals surface area contributed by atoms with Gasteiger partial charge in [0.25, 0.3) is 0 Å². The van der Waals surface area contributed by atoms with Crippen molar-refractivity contribution in [2.75, 3.05) is 23.3 Å². The Balaban J connectivity index is 1.35. The van der Waals surface area contributed by atoms with Crippen molar-refractivity contribution in [3.05, 3.63) is 112 Å². The van der Waals surface area contributed by atoms with Gasteiger partial charge in [0.2, 0.25) is 0 Å². The second-order valence-corrected chi connectivity index (χ2v) is 13.7. The minimum Gasteiger partial charge on any atom is -0.456 e. The molecule has 0 saturated heterocycles. The number of esters is 1. The number of fused-ring (bicyclic) bond motifs is 6. The minimum absolute atomic E-state index is 0.289. The van der Waals surface area contributed by atoms with Crippen LogP contribution in [0, 0.1) is 12.7 Å². The highest BCUT2D eigenvalue weighted by Gasteiger charge is 2.53. The number of nitrogens with zero attached hydrogens (tertiary/aromatic N) is 1. The quantitative estimate of drug-likeness (QED) is 0.0901. The topological polar surface area (TPSA) is 50.8 Å². The standard InChI is InChI=1S/C43H51FN2O3/c1-4-6-8-10-12-16-26-46(27-17-13-11-9-7-5-2)34-24-25-37-41(29-34)48-40-28-31(3)39(45-33-22-20-32(44)21-23-33)30-38(40)43(37)36-19-15-14-18-35(36)42(47)49-43/h14-15,18-25,28-30,45H,4-13,16-17,26-27H2,1-3H3. The average Bonchev–Trinajstić information content (AvgIpc) is 3.40. The van der Waals surface area contributed by atoms with Crippen LogP contribution in [0.2, 0.25) is 0 Å². The lowest BCUT2D eigenvalue weighted by Gasteiger charge is -2.38. The fourth-order valence-corrected chi connectivity index (χ4v) is 7.36. The molecule has 0 fully saturated rings. The van der Waals surface area contributed by atoms with E-state index in [1.54, 1.807) is 12.1 Å². The number of anilines is 3. The minimum atomic E-state index is -1.16. The van der Waals surface area contributed by atoms with Crippen molar-refractivity contribution < 1.29 is 18.7 Å². The third-order valence-electron chi connectivity index (χ3n) is 10.1. The molecule has 0 amide bonds. The van der Waals surface area contributed by atoms with E-state index in [9.17, 15) is 9.18 Å². The highest BCUT2D eigenvalue weighted by molar-refractivity contribution is 5.97. The smallest absolute Gasteiger partial charge is 0.340 e. The molecule has 0 bridgehead atoms. The van der Waals surface area contributed by atoms with Gasteiger partial charge >= 0.3 is 5.97 Å². The molecular formula is C43H51FN2O3. The first-order valence-corrected chi connectivity index (χ1v) is 18.5. The second kappa shape index (κ2) is 15.9. The Bertz CT molecular complexity index is 1720. The zero-order valence-corrected chi connectivity index (χ0v) is 29.5. The second-order valence-electron chi connectivity index (χ2n) is 13.7. The first-order valence-electron chi connectivity index (χ1n) is 18.5. The Morgan fingerprint density at radius 3 is 2.02 bits per heavy atom. The van der Waals surface area contributed by atoms with Gasteiger partial charge in [-0.1, -0.05) is 96.3 Å². The van der Waals surface area contributed by atoms with Gasteiger partial charge in [-0.2, -0.15) is 0 Å². The molecular weight excluding hydrogens is 611 g/mol. The van der Waals surface area contributed by atoms with Crippen LogP contribution in [-0.2, 0) is 10.3 Å². The van der Waals surface area contributed by atoms with Crippen molar-refractivity contribution in [3.63, 3.8) is 0 Å². The predicted molar refractivity (Wildman–Crippen MR) is 198 cm³/mol. The Kier molecular flexibility index (Phi) is 11.2. The number of hydrogen-bond acceptors (Lipinski definition) is 5. The number of carbonyl (C=O) groups is 1. The lowest BCUT2D eigenvalue weighted by molar-refractivity contribution is 0.0224. The van der Waals surface area contributed by atoms with Gasteiger partial charge in [-0.25, -0.2) is 9.18 Å². The Morgan fingerprint density at radius 1 is 0.694 bits per heavy atom. The molecule has 4 aromatic rings. The zero-order valence-electron chi connectivity index (χ0n) is 29.5. The van der Waals surface area contributed by atoms with E-state index in [0.29, 0.717) is 17.1 Å². The van der Waals surface area contributed by atoms with Crippen molar-refractivity contribution in [1.29, 1.82) is 0 Å². The first kappa shape index (κ1) is 34.5. The number of benzene rings is 4. The largest absolute Gasteiger partial charge is 0.456 e. The molecule has 4 aromatic carbocycles. The molecule has 1 unspecified atom stereocenters. The molecule has 1 spiro atoms. The summed E-state index contributed by atoms with van der Waals surface area (Å²) in [5, 5.41) is 3.44. The van der Waals surface area contributed by atoms with Gasteiger partial charge in [0, 0.05) is 52.9 Å². The van der Waals surface area contributed by atoms with Crippen molar-refractivity contribution in [3.8, 4) is 11.5 Å². The van der Waals surface area contributed by atoms with E-state index in [-0.39, 0.29) is 11.8 Å². The number of ether oxygens (including phenoxy) is 2. The number of hydrogen-bond donors (Lipinski definition) is 1. The molecule has 0 radical (unpaired) electrons. The van der Waals surface area contributed by atoms with Crippen LogP contribution in [0.5, 0.6) is 11.5 Å². The predicted octanol–water partition coefficient (Wildman–Crippen LogP) is 12.0. The molecule has 258 valence electrons. The summed E-state index contributed by atoms with van der Waals surface area (Å²) >= 11 is 0. The molecule has 2 heterocycles. The average molecular weight is 663 g/mol. The highest BCUT2D eigenvalue weighted by atomic mass is 19.1. The monoisotopic (exact) mass is 662 g/mol. The Morgan fingerprint density at radius 2 is 1.33 bits per heavy atom. The number of rotatable bonds is 17. The Labute approximate surface area is 291 Å². The number of nitrogens with one attached hydrogen (secondary N) is 1. The molecule has 0 saturated carbocycles. The SMILES string of the molecule is CCCCCCCCN(CCCCCCCC)c1ccc2c(c1)Oc1cc(C)c(Nc3ccc(F)cc3)cc1C21OC(=O)c2ccccc21. The third-order valence-corrected chi connectivity index (χ3v) is 10.1. The van der Waals surface area contributed by atoms with Crippen LogP contribution in [0.3, 0.4) is 0 Å². The van der Waals surface area contributed by atoms with E-state index < -0.39 is 5.60 Å². The molecule has 2 aliphatic heterocycles. The van der Waals surface area contributed by atoms with E-state index in [1.807, 2.05) is 43.3 Å². The van der Waals surface area contributed by atoms with Gasteiger partial charge in [0.1, 0.15) is 17.3 Å². The maximum Gasteiger partial charge on any atom is 0.340 e. The van der Waals surface area contributed by atoms with Crippen LogP contribution in [-0.4, -0.2) is 19.1 Å². The number of carbonyl (C=O) groups excluding carboxylic acids is 1. The van der Waals surface area contributed by atoms with Crippen molar-refractivity contribution in [2.24, 2.45) is 0 Å². The normalized spacial score (nSPS) is 15.7. The lowest BCUT2D eigenvalue weighted by atomic mass is 9.77. The van der Waals surface area contributed by atoms with Crippen molar-refractivity contribution in [2.45, 2.75) is 103 Å². The van der Waals surface area contributed by atoms with Crippen LogP contribution < -0.4 is 15.0 Å². The summed E-state index contributed by atoms with van der Waals surface area (Å²) in [6.45, 7) is 8.57. The van der Waals surface area contributed by atoms with Crippen LogP contribution >= 0.6 is 0 Å². The third kappa shape index (κ3) is 7.49. The zero-order chi connectivity index (χ0) is 34.2. The fraction of sp³-hybridized carbons (Fsp3) is 0.419. The molecule has 5 nitrogen and oxygen atoms in total. The summed E-state index contributed by atoms with van der Waals surface area (Å²) < 4.78 is 26.9. The van der Waals surface area contributed by atoms with Gasteiger partial charge in [-0.3, -0.25) is 0 Å². The molecule has 2 aliphatic rings. The van der Waals surface area contributed by atoms with Gasteiger partial charge < -0.3 is 19.7 Å². The van der Waals surface area contributed by atoms with Gasteiger partial charge in [0.15, 0.2) is 5.60 Å². The lowest BCUT2D eigenvalue weighted by Crippen LogP contribution is -2.33. The van der Waals surface area contributed by atoms with Gasteiger partial charge in [-0.15, -0.1) is 0 Å². The van der Waals surface area contributed by atoms with Gasteiger partial charge in [-0.05, 0) is 79.9 Å². The van der Waals surface area contributed by atoms with Gasteiger partial charge in [0.05, 0.1) is 5.56 Å². The van der Waals surface area contributed by atoms with Crippen LogP contribution in [0.4, 0.5) is 21.5 Å². The summed E-state index contributed by atoms with van der Waals surface area (Å²) in [4.78, 5) is 16.0. The molecule has 6 heteroatoms. The summed E-state index contributed by atoms with van der Waals surface area (Å²) in [6.07, 6.45) is 15.1. The molecule has 0 aromatic heterocycles. The number of halogens is 1. The molecule has 6 rings (SSSR count). The van der Waals surface area contributed by atoms with Crippen molar-refractivity contribution >= 4 is 23.0 Å². The maximum atomic E-state index is 13.7. The van der Waals surface area contributed by atoms with E-state index >= 15 is 0 Å². The Hall–Kier alpha value is -4.32. The van der Waals surface area contributed by atoms with E-state index in [1.165, 1.54) is 76.3 Å². The van der Waals surface area contributed by atoms with Crippen LogP contribution in [0.15, 0.2) is 78.9 Å². The summed E-state index contributed by atoms with van der Waals surface area (Å²) in [5.41, 5.74) is 5.49. The molecule has 1 atom stereocenters. The highest BCUT2D eigenvalue weighted by Crippen LogP contribution is 2.57. The number of aryl methyl sites for hydroxylation is 1. The van der Waals surface area contributed by atoms with E-state index in [4.69, 9.17) is 9.47 Å². The first-order chi connectivity index (χ1) is 23.9. The van der Waals surface area contributed by atoms with Crippen LogP contribution in [0.1, 0.15) is 124 Å². The molecule has 0 aliphatic carbocycles.